The van der Waals surface area contributed by atoms with Crippen LogP contribution in [0, 0.1) is 11.3 Å². The van der Waals surface area contributed by atoms with Crippen molar-refractivity contribution in [2.45, 2.75) is 26.3 Å². The molecule has 0 aliphatic carbocycles. The van der Waals surface area contributed by atoms with Crippen LogP contribution in [0.1, 0.15) is 30.8 Å². The molecular formula is C12H17N5O. The molecule has 0 radical (unpaired) electrons. The number of hydrogen-bond acceptors (Lipinski definition) is 5. The van der Waals surface area contributed by atoms with E-state index >= 15 is 0 Å². The highest BCUT2D eigenvalue weighted by Gasteiger charge is 2.16. The summed E-state index contributed by atoms with van der Waals surface area (Å²) in [7, 11) is 0. The van der Waals surface area contributed by atoms with E-state index in [-0.39, 0.29) is 11.7 Å². The average Bonchev–Trinajstić information content (AvgIpc) is 2.31. The van der Waals surface area contributed by atoms with E-state index in [9.17, 15) is 4.79 Å². The second-order valence-corrected chi connectivity index (χ2v) is 4.17. The van der Waals surface area contributed by atoms with Gasteiger partial charge in [0.15, 0.2) is 5.82 Å². The topological polar surface area (TPSA) is 109 Å². The molecule has 0 bridgehead atoms. The first kappa shape index (κ1) is 13.8. The molecular weight excluding hydrogens is 230 g/mol. The lowest BCUT2D eigenvalue weighted by Gasteiger charge is -2.28. The largest absolute Gasteiger partial charge is 0.396 e. The van der Waals surface area contributed by atoms with Gasteiger partial charge in [-0.05, 0) is 26.0 Å². The Balaban J connectivity index is 3.14. The molecule has 1 rings (SSSR count). The second kappa shape index (κ2) is 5.87. The monoisotopic (exact) mass is 247 g/mol. The minimum Gasteiger partial charge on any atom is -0.396 e. The van der Waals surface area contributed by atoms with Crippen molar-refractivity contribution >= 4 is 17.4 Å². The first-order chi connectivity index (χ1) is 8.47. The summed E-state index contributed by atoms with van der Waals surface area (Å²) in [4.78, 5) is 17.2. The Morgan fingerprint density at radius 3 is 2.72 bits per heavy atom. The molecule has 4 N–H and O–H groups in total. The van der Waals surface area contributed by atoms with E-state index in [0.29, 0.717) is 24.5 Å². The molecule has 1 aromatic heterocycles. The van der Waals surface area contributed by atoms with Crippen LogP contribution < -0.4 is 16.4 Å². The Hall–Kier alpha value is -2.29. The third kappa shape index (κ3) is 3.10. The normalized spacial score (nSPS) is 10.1. The van der Waals surface area contributed by atoms with Gasteiger partial charge in [-0.25, -0.2) is 4.98 Å². The van der Waals surface area contributed by atoms with E-state index in [2.05, 4.69) is 11.1 Å². The van der Waals surface area contributed by atoms with Crippen molar-refractivity contribution in [1.82, 2.24) is 4.98 Å². The summed E-state index contributed by atoms with van der Waals surface area (Å²) in [6, 6.07) is 5.29. The van der Waals surface area contributed by atoms with Crippen molar-refractivity contribution in [3.63, 3.8) is 0 Å². The zero-order chi connectivity index (χ0) is 13.7. The molecule has 0 unspecified atom stereocenters. The van der Waals surface area contributed by atoms with Crippen molar-refractivity contribution in [2.75, 3.05) is 17.2 Å². The van der Waals surface area contributed by atoms with E-state index in [1.54, 1.807) is 6.07 Å². The molecule has 0 aromatic carbocycles. The third-order valence-corrected chi connectivity index (χ3v) is 2.52. The number of nitrogens with zero attached hydrogens (tertiary/aromatic N) is 3. The maximum absolute atomic E-state index is 11.1. The molecule has 1 heterocycles. The lowest BCUT2D eigenvalue weighted by Crippen LogP contribution is -2.33. The van der Waals surface area contributed by atoms with Crippen molar-refractivity contribution in [2.24, 2.45) is 5.73 Å². The molecule has 0 saturated carbocycles. The smallest absolute Gasteiger partial charge is 0.267 e. The molecule has 6 nitrogen and oxygen atoms in total. The Bertz CT molecular complexity index is 478. The SMILES string of the molecule is CC(C)N(CCC#N)c1nc(C(N)=O)ccc1N. The van der Waals surface area contributed by atoms with E-state index in [1.165, 1.54) is 6.07 Å². The molecule has 0 fully saturated rings. The molecule has 1 amide bonds. The summed E-state index contributed by atoms with van der Waals surface area (Å²) in [6.45, 7) is 4.44. The Labute approximate surface area is 106 Å². The molecule has 0 atom stereocenters. The number of nitrogen functional groups attached to an aromatic ring is 1. The van der Waals surface area contributed by atoms with Gasteiger partial charge in [0.2, 0.25) is 0 Å². The summed E-state index contributed by atoms with van der Waals surface area (Å²) >= 11 is 0. The first-order valence-electron chi connectivity index (χ1n) is 5.67. The Morgan fingerprint density at radius 2 is 2.22 bits per heavy atom. The molecule has 18 heavy (non-hydrogen) atoms. The fourth-order valence-corrected chi connectivity index (χ4v) is 1.61. The van der Waals surface area contributed by atoms with E-state index in [1.807, 2.05) is 18.7 Å². The predicted octanol–water partition coefficient (Wildman–Crippen LogP) is 0.891. The minimum absolute atomic E-state index is 0.122. The van der Waals surface area contributed by atoms with Crippen molar-refractivity contribution in [3.8, 4) is 6.07 Å². The number of nitriles is 1. The van der Waals surface area contributed by atoms with Crippen LogP contribution in [0.25, 0.3) is 0 Å². The van der Waals surface area contributed by atoms with Crippen LogP contribution >= 0.6 is 0 Å². The van der Waals surface area contributed by atoms with Crippen LogP contribution in [-0.2, 0) is 0 Å². The molecule has 96 valence electrons. The van der Waals surface area contributed by atoms with Gasteiger partial charge in [-0.2, -0.15) is 5.26 Å². The lowest BCUT2D eigenvalue weighted by atomic mass is 10.2. The second-order valence-electron chi connectivity index (χ2n) is 4.17. The summed E-state index contributed by atoms with van der Waals surface area (Å²) in [5, 5.41) is 8.65. The highest BCUT2D eigenvalue weighted by molar-refractivity contribution is 5.91. The molecule has 0 aliphatic heterocycles. The number of anilines is 2. The van der Waals surface area contributed by atoms with Crippen LogP contribution in [0.2, 0.25) is 0 Å². The van der Waals surface area contributed by atoms with Gasteiger partial charge >= 0.3 is 0 Å². The predicted molar refractivity (Wildman–Crippen MR) is 69.9 cm³/mol. The molecule has 0 spiro atoms. The zero-order valence-electron chi connectivity index (χ0n) is 10.6. The summed E-state index contributed by atoms with van der Waals surface area (Å²) < 4.78 is 0. The van der Waals surface area contributed by atoms with Crippen molar-refractivity contribution < 1.29 is 4.79 Å². The van der Waals surface area contributed by atoms with Crippen LogP contribution in [0.15, 0.2) is 12.1 Å². The van der Waals surface area contributed by atoms with Crippen molar-refractivity contribution in [3.05, 3.63) is 17.8 Å². The highest BCUT2D eigenvalue weighted by atomic mass is 16.1. The van der Waals surface area contributed by atoms with Crippen molar-refractivity contribution in [1.29, 1.82) is 5.26 Å². The van der Waals surface area contributed by atoms with Gasteiger partial charge in [0.05, 0.1) is 18.2 Å². The van der Waals surface area contributed by atoms with Gasteiger partial charge in [-0.1, -0.05) is 0 Å². The lowest BCUT2D eigenvalue weighted by molar-refractivity contribution is 0.0995. The zero-order valence-corrected chi connectivity index (χ0v) is 10.6. The Morgan fingerprint density at radius 1 is 1.56 bits per heavy atom. The summed E-state index contributed by atoms with van der Waals surface area (Å²) in [6.07, 6.45) is 0.361. The quantitative estimate of drug-likeness (QED) is 0.803. The number of carbonyl (C=O) groups excluding carboxylic acids is 1. The summed E-state index contributed by atoms with van der Waals surface area (Å²) in [5.41, 5.74) is 11.7. The maximum atomic E-state index is 11.1. The fourth-order valence-electron chi connectivity index (χ4n) is 1.61. The Kier molecular flexibility index (Phi) is 4.49. The molecule has 0 saturated heterocycles. The van der Waals surface area contributed by atoms with Crippen LogP contribution in [0.3, 0.4) is 0 Å². The standard InChI is InChI=1S/C12H17N5O/c1-8(2)17(7-3-6-13)12-9(14)4-5-10(16-12)11(15)18/h4-5,8H,3,7,14H2,1-2H3,(H2,15,18). The summed E-state index contributed by atoms with van der Waals surface area (Å²) in [5.74, 6) is -0.100. The number of pyridine rings is 1. The number of carbonyl (C=O) groups is 1. The third-order valence-electron chi connectivity index (χ3n) is 2.52. The van der Waals surface area contributed by atoms with Crippen LogP contribution in [-0.4, -0.2) is 23.5 Å². The number of primary amides is 1. The van der Waals surface area contributed by atoms with Gasteiger partial charge in [0.1, 0.15) is 5.69 Å². The molecule has 1 aromatic rings. The van der Waals surface area contributed by atoms with E-state index in [4.69, 9.17) is 16.7 Å². The maximum Gasteiger partial charge on any atom is 0.267 e. The van der Waals surface area contributed by atoms with E-state index in [0.717, 1.165) is 0 Å². The van der Waals surface area contributed by atoms with Gasteiger partial charge in [0.25, 0.3) is 5.91 Å². The number of hydrogen-bond donors (Lipinski definition) is 2. The van der Waals surface area contributed by atoms with Gasteiger partial charge < -0.3 is 16.4 Å². The number of amides is 1. The first-order valence-corrected chi connectivity index (χ1v) is 5.67. The van der Waals surface area contributed by atoms with Gasteiger partial charge in [-0.15, -0.1) is 0 Å². The van der Waals surface area contributed by atoms with Gasteiger partial charge in [-0.3, -0.25) is 4.79 Å². The fraction of sp³-hybridized carbons (Fsp3) is 0.417. The average molecular weight is 247 g/mol. The molecule has 6 heteroatoms. The van der Waals surface area contributed by atoms with E-state index < -0.39 is 5.91 Å². The van der Waals surface area contributed by atoms with Crippen LogP contribution in [0.5, 0.6) is 0 Å². The minimum atomic E-state index is -0.597. The number of aromatic nitrogens is 1. The highest BCUT2D eigenvalue weighted by Crippen LogP contribution is 2.23. The number of rotatable bonds is 5. The van der Waals surface area contributed by atoms with Crippen LogP contribution in [0.4, 0.5) is 11.5 Å². The molecule has 0 aliphatic rings. The number of nitrogens with two attached hydrogens (primary N) is 2. The van der Waals surface area contributed by atoms with Gasteiger partial charge in [0, 0.05) is 12.6 Å².